The normalized spacial score (nSPS) is 17.2. The summed E-state index contributed by atoms with van der Waals surface area (Å²) in [6.45, 7) is 5.22. The molecule has 1 saturated heterocycles. The van der Waals surface area contributed by atoms with Crippen LogP contribution >= 0.6 is 0 Å². The van der Waals surface area contributed by atoms with Crippen LogP contribution < -0.4 is 14.5 Å². The van der Waals surface area contributed by atoms with Gasteiger partial charge in [0, 0.05) is 49.2 Å². The highest BCUT2D eigenvalue weighted by atomic mass is 16.5. The number of amides is 2. The van der Waals surface area contributed by atoms with E-state index in [0.717, 1.165) is 43.2 Å². The molecule has 2 heterocycles. The molecule has 2 amide bonds. The molecule has 0 aliphatic carbocycles. The van der Waals surface area contributed by atoms with Gasteiger partial charge in [-0.15, -0.1) is 0 Å². The van der Waals surface area contributed by atoms with Crippen LogP contribution in [0.5, 0.6) is 5.75 Å². The minimum atomic E-state index is -0.287. The Balaban J connectivity index is 1.41. The maximum Gasteiger partial charge on any atom is 0.267 e. The highest BCUT2D eigenvalue weighted by Crippen LogP contribution is 2.33. The van der Waals surface area contributed by atoms with Crippen LogP contribution in [0.2, 0.25) is 0 Å². The largest absolute Gasteiger partial charge is 0.497 e. The SMILES string of the molecule is COc1ccc(N2CCN(/C=C3/C(=O)N(c4ccc(C)cc4)C(=O)c4ccccc43)CC2)cc1. The van der Waals surface area contributed by atoms with Crippen LogP contribution in [0.1, 0.15) is 21.5 Å². The van der Waals surface area contributed by atoms with Crippen molar-refractivity contribution in [1.29, 1.82) is 0 Å². The predicted octanol–water partition coefficient (Wildman–Crippen LogP) is 4.35. The van der Waals surface area contributed by atoms with Gasteiger partial charge in [-0.25, -0.2) is 4.90 Å². The number of carbonyl (C=O) groups is 2. The van der Waals surface area contributed by atoms with Crippen molar-refractivity contribution in [2.45, 2.75) is 6.92 Å². The molecule has 34 heavy (non-hydrogen) atoms. The molecular formula is C28H27N3O3. The molecule has 0 saturated carbocycles. The molecule has 0 unspecified atom stereocenters. The number of ether oxygens (including phenoxy) is 1. The molecule has 2 aliphatic rings. The summed E-state index contributed by atoms with van der Waals surface area (Å²) in [4.78, 5) is 32.6. The molecule has 6 nitrogen and oxygen atoms in total. The van der Waals surface area contributed by atoms with E-state index in [1.807, 2.05) is 67.7 Å². The topological polar surface area (TPSA) is 53.1 Å². The first-order valence-corrected chi connectivity index (χ1v) is 11.4. The quantitative estimate of drug-likeness (QED) is 0.434. The van der Waals surface area contributed by atoms with Crippen molar-refractivity contribution >= 4 is 28.8 Å². The Bertz CT molecular complexity index is 1240. The van der Waals surface area contributed by atoms with Crippen LogP contribution in [0.4, 0.5) is 11.4 Å². The second-order valence-electron chi connectivity index (χ2n) is 8.59. The molecule has 1 fully saturated rings. The number of anilines is 2. The van der Waals surface area contributed by atoms with Gasteiger partial charge in [-0.2, -0.15) is 0 Å². The van der Waals surface area contributed by atoms with Gasteiger partial charge in [0.1, 0.15) is 5.75 Å². The van der Waals surface area contributed by atoms with Crippen LogP contribution in [-0.2, 0) is 4.79 Å². The highest BCUT2D eigenvalue weighted by Gasteiger charge is 2.36. The number of fused-ring (bicyclic) bond motifs is 1. The van der Waals surface area contributed by atoms with Gasteiger partial charge >= 0.3 is 0 Å². The number of imide groups is 1. The number of aryl methyl sites for hydroxylation is 1. The molecule has 3 aromatic carbocycles. The molecule has 172 valence electrons. The molecule has 0 aromatic heterocycles. The van der Waals surface area contributed by atoms with Crippen molar-refractivity contribution in [2.24, 2.45) is 0 Å². The fourth-order valence-corrected chi connectivity index (χ4v) is 4.49. The second kappa shape index (κ2) is 9.06. The van der Waals surface area contributed by atoms with Crippen molar-refractivity contribution in [1.82, 2.24) is 4.90 Å². The van der Waals surface area contributed by atoms with Crippen molar-refractivity contribution < 1.29 is 14.3 Å². The van der Waals surface area contributed by atoms with Gasteiger partial charge in [-0.3, -0.25) is 9.59 Å². The standard InChI is InChI=1S/C28H27N3O3/c1-20-7-9-22(10-8-20)31-27(32)25-6-4-3-5-24(25)26(28(31)33)19-29-15-17-30(18-16-29)21-11-13-23(34-2)14-12-21/h3-14,19H,15-18H2,1-2H3/b26-19+. The van der Waals surface area contributed by atoms with Crippen molar-refractivity contribution in [3.05, 3.63) is 95.7 Å². The Hall–Kier alpha value is -4.06. The Kier molecular flexibility index (Phi) is 5.80. The summed E-state index contributed by atoms with van der Waals surface area (Å²) in [5, 5.41) is 0. The lowest BCUT2D eigenvalue weighted by molar-refractivity contribution is -0.112. The van der Waals surface area contributed by atoms with Crippen LogP contribution in [0, 0.1) is 6.92 Å². The third kappa shape index (κ3) is 4.03. The van der Waals surface area contributed by atoms with Crippen LogP contribution in [0.25, 0.3) is 5.57 Å². The summed E-state index contributed by atoms with van der Waals surface area (Å²) < 4.78 is 5.26. The average molecular weight is 454 g/mol. The fourth-order valence-electron chi connectivity index (χ4n) is 4.49. The first-order valence-electron chi connectivity index (χ1n) is 11.4. The van der Waals surface area contributed by atoms with E-state index in [4.69, 9.17) is 4.74 Å². The van der Waals surface area contributed by atoms with E-state index < -0.39 is 0 Å². The molecule has 2 aliphatic heterocycles. The number of benzene rings is 3. The maximum absolute atomic E-state index is 13.6. The molecule has 0 N–H and O–H groups in total. The lowest BCUT2D eigenvalue weighted by Gasteiger charge is -2.37. The van der Waals surface area contributed by atoms with E-state index in [9.17, 15) is 9.59 Å². The summed E-state index contributed by atoms with van der Waals surface area (Å²) in [5.41, 5.74) is 4.61. The number of hydrogen-bond donors (Lipinski definition) is 0. The smallest absolute Gasteiger partial charge is 0.267 e. The first-order chi connectivity index (χ1) is 16.5. The van der Waals surface area contributed by atoms with Crippen LogP contribution in [-0.4, -0.2) is 50.0 Å². The summed E-state index contributed by atoms with van der Waals surface area (Å²) in [5.74, 6) is 0.269. The Morgan fingerprint density at radius 1 is 0.735 bits per heavy atom. The molecule has 0 radical (unpaired) electrons. The Labute approximate surface area is 199 Å². The zero-order chi connectivity index (χ0) is 23.7. The van der Waals surface area contributed by atoms with Crippen LogP contribution in [0.3, 0.4) is 0 Å². The average Bonchev–Trinajstić information content (AvgIpc) is 2.88. The fraction of sp³-hybridized carbons (Fsp3) is 0.214. The third-order valence-electron chi connectivity index (χ3n) is 6.44. The predicted molar refractivity (Wildman–Crippen MR) is 134 cm³/mol. The molecule has 0 bridgehead atoms. The highest BCUT2D eigenvalue weighted by molar-refractivity contribution is 6.41. The Morgan fingerprint density at radius 3 is 2.00 bits per heavy atom. The molecule has 0 atom stereocenters. The van der Waals surface area contributed by atoms with Gasteiger partial charge in [0.15, 0.2) is 0 Å². The van der Waals surface area contributed by atoms with E-state index >= 15 is 0 Å². The van der Waals surface area contributed by atoms with Gasteiger partial charge < -0.3 is 14.5 Å². The minimum absolute atomic E-state index is 0.286. The van der Waals surface area contributed by atoms with Gasteiger partial charge in [0.05, 0.1) is 18.4 Å². The lowest BCUT2D eigenvalue weighted by Crippen LogP contribution is -2.46. The monoisotopic (exact) mass is 453 g/mol. The van der Waals surface area contributed by atoms with Crippen LogP contribution in [0.15, 0.2) is 79.0 Å². The lowest BCUT2D eigenvalue weighted by atomic mass is 9.93. The number of methoxy groups -OCH3 is 1. The third-order valence-corrected chi connectivity index (χ3v) is 6.44. The van der Waals surface area contributed by atoms with Gasteiger partial charge in [0.25, 0.3) is 11.8 Å². The summed E-state index contributed by atoms with van der Waals surface area (Å²) in [6, 6.07) is 22.9. The van der Waals surface area contributed by atoms with E-state index in [1.54, 1.807) is 13.2 Å². The maximum atomic E-state index is 13.6. The molecular weight excluding hydrogens is 426 g/mol. The van der Waals surface area contributed by atoms with E-state index in [-0.39, 0.29) is 11.8 Å². The number of carbonyl (C=O) groups excluding carboxylic acids is 2. The zero-order valence-electron chi connectivity index (χ0n) is 19.4. The second-order valence-corrected chi connectivity index (χ2v) is 8.59. The molecule has 5 rings (SSSR count). The number of hydrogen-bond acceptors (Lipinski definition) is 5. The van der Waals surface area contributed by atoms with Crippen molar-refractivity contribution in [3.63, 3.8) is 0 Å². The first kappa shape index (κ1) is 21.8. The van der Waals surface area contributed by atoms with E-state index in [1.165, 1.54) is 4.90 Å². The summed E-state index contributed by atoms with van der Waals surface area (Å²) >= 11 is 0. The molecule has 3 aromatic rings. The molecule has 6 heteroatoms. The number of piperazine rings is 1. The minimum Gasteiger partial charge on any atom is -0.497 e. The zero-order valence-corrected chi connectivity index (χ0v) is 19.4. The van der Waals surface area contributed by atoms with Gasteiger partial charge in [-0.1, -0.05) is 35.9 Å². The Morgan fingerprint density at radius 2 is 1.35 bits per heavy atom. The van der Waals surface area contributed by atoms with Crippen molar-refractivity contribution in [3.8, 4) is 5.75 Å². The number of rotatable bonds is 4. The molecule has 0 spiro atoms. The summed E-state index contributed by atoms with van der Waals surface area (Å²) in [7, 11) is 1.67. The van der Waals surface area contributed by atoms with E-state index in [0.29, 0.717) is 22.4 Å². The number of nitrogens with zero attached hydrogens (tertiary/aromatic N) is 3. The van der Waals surface area contributed by atoms with Gasteiger partial charge in [-0.05, 0) is 49.4 Å². The van der Waals surface area contributed by atoms with Gasteiger partial charge in [0.2, 0.25) is 0 Å². The van der Waals surface area contributed by atoms with Crippen molar-refractivity contribution in [2.75, 3.05) is 43.1 Å². The van der Waals surface area contributed by atoms with E-state index in [2.05, 4.69) is 21.9 Å². The summed E-state index contributed by atoms with van der Waals surface area (Å²) in [6.07, 6.45) is 1.93.